The van der Waals surface area contributed by atoms with E-state index in [0.717, 1.165) is 10.0 Å². The lowest BCUT2D eigenvalue weighted by molar-refractivity contribution is 0.0322. The van der Waals surface area contributed by atoms with Crippen molar-refractivity contribution in [3.8, 4) is 0 Å². The van der Waals surface area contributed by atoms with Crippen molar-refractivity contribution >= 4 is 27.5 Å². The molecule has 0 aliphatic rings. The Kier molecular flexibility index (Phi) is 4.38. The molecule has 0 aliphatic heterocycles. The number of hydrogen-bond donors (Lipinski definition) is 2. The average molecular weight is 280 g/mol. The Bertz CT molecular complexity index is 317. The van der Waals surface area contributed by atoms with Crippen LogP contribution in [0.4, 0.5) is 0 Å². The number of rotatable bonds is 3. The van der Waals surface area contributed by atoms with Gasteiger partial charge in [0, 0.05) is 4.47 Å². The van der Waals surface area contributed by atoms with Crippen LogP contribution < -0.4 is 0 Å². The summed E-state index contributed by atoms with van der Waals surface area (Å²) in [6.07, 6.45) is -1.88. The predicted octanol–water partition coefficient (Wildman–Crippen LogP) is 2.39. The lowest BCUT2D eigenvalue weighted by Crippen LogP contribution is -2.20. The molecule has 1 aromatic carbocycles. The largest absolute Gasteiger partial charge is 0.389 e. The lowest BCUT2D eigenvalue weighted by atomic mass is 10.0. The maximum atomic E-state index is 9.73. The Labute approximate surface area is 96.7 Å². The Morgan fingerprint density at radius 1 is 1.43 bits per heavy atom. The molecule has 2 unspecified atom stereocenters. The summed E-state index contributed by atoms with van der Waals surface area (Å²) >= 11 is 8.78. The van der Waals surface area contributed by atoms with E-state index in [1.807, 2.05) is 25.1 Å². The Morgan fingerprint density at radius 3 is 2.64 bits per heavy atom. The van der Waals surface area contributed by atoms with Crippen LogP contribution in [0, 0.1) is 6.92 Å². The van der Waals surface area contributed by atoms with Gasteiger partial charge in [-0.2, -0.15) is 0 Å². The SMILES string of the molecule is Cc1ccc(Br)c(C(O)C(O)CCl)c1. The van der Waals surface area contributed by atoms with Gasteiger partial charge in [-0.3, -0.25) is 0 Å². The fraction of sp³-hybridized carbons (Fsp3) is 0.400. The molecule has 0 saturated heterocycles. The van der Waals surface area contributed by atoms with Crippen LogP contribution in [0.5, 0.6) is 0 Å². The van der Waals surface area contributed by atoms with Crippen molar-refractivity contribution in [2.45, 2.75) is 19.1 Å². The first-order valence-electron chi connectivity index (χ1n) is 4.24. The van der Waals surface area contributed by atoms with Crippen molar-refractivity contribution in [2.75, 3.05) is 5.88 Å². The third-order valence-corrected chi connectivity index (χ3v) is 3.03. The number of benzene rings is 1. The van der Waals surface area contributed by atoms with Gasteiger partial charge in [-0.25, -0.2) is 0 Å². The summed E-state index contributed by atoms with van der Waals surface area (Å²) in [4.78, 5) is 0. The van der Waals surface area contributed by atoms with Gasteiger partial charge < -0.3 is 10.2 Å². The number of hydrogen-bond acceptors (Lipinski definition) is 2. The highest BCUT2D eigenvalue weighted by Crippen LogP contribution is 2.27. The second-order valence-electron chi connectivity index (χ2n) is 3.19. The van der Waals surface area contributed by atoms with Crippen LogP contribution in [-0.2, 0) is 0 Å². The zero-order chi connectivity index (χ0) is 10.7. The highest BCUT2D eigenvalue weighted by molar-refractivity contribution is 9.10. The van der Waals surface area contributed by atoms with E-state index in [1.165, 1.54) is 0 Å². The molecule has 4 heteroatoms. The predicted molar refractivity (Wildman–Crippen MR) is 60.6 cm³/mol. The third-order valence-electron chi connectivity index (χ3n) is 1.99. The summed E-state index contributed by atoms with van der Waals surface area (Å²) in [5.74, 6) is 0.0154. The molecule has 2 atom stereocenters. The van der Waals surface area contributed by atoms with Gasteiger partial charge >= 0.3 is 0 Å². The molecule has 1 aromatic rings. The third kappa shape index (κ3) is 2.70. The molecule has 2 N–H and O–H groups in total. The smallest absolute Gasteiger partial charge is 0.107 e. The molecule has 0 aliphatic carbocycles. The van der Waals surface area contributed by atoms with E-state index in [-0.39, 0.29) is 5.88 Å². The van der Waals surface area contributed by atoms with Crippen molar-refractivity contribution in [3.63, 3.8) is 0 Å². The summed E-state index contributed by atoms with van der Waals surface area (Å²) in [6, 6.07) is 5.59. The minimum absolute atomic E-state index is 0.0154. The summed E-state index contributed by atoms with van der Waals surface area (Å²) in [6.45, 7) is 1.93. The Morgan fingerprint density at radius 2 is 2.07 bits per heavy atom. The summed E-state index contributed by atoms with van der Waals surface area (Å²) < 4.78 is 0.778. The Hall–Kier alpha value is -0.0900. The van der Waals surface area contributed by atoms with Crippen molar-refractivity contribution in [2.24, 2.45) is 0 Å². The molecule has 14 heavy (non-hydrogen) atoms. The highest BCUT2D eigenvalue weighted by atomic mass is 79.9. The topological polar surface area (TPSA) is 40.5 Å². The normalized spacial score (nSPS) is 15.2. The summed E-state index contributed by atoms with van der Waals surface area (Å²) in [5.41, 5.74) is 1.70. The standard InChI is InChI=1S/C10H12BrClO2/c1-6-2-3-8(11)7(4-6)10(14)9(13)5-12/h2-4,9-10,13-14H,5H2,1H3. The number of halogens is 2. The van der Waals surface area contributed by atoms with Crippen LogP contribution in [0.25, 0.3) is 0 Å². The van der Waals surface area contributed by atoms with Gasteiger partial charge in [-0.05, 0) is 18.6 Å². The fourth-order valence-corrected chi connectivity index (χ4v) is 1.83. The molecule has 0 saturated carbocycles. The van der Waals surface area contributed by atoms with Crippen molar-refractivity contribution in [1.29, 1.82) is 0 Å². The zero-order valence-electron chi connectivity index (χ0n) is 7.74. The molecule has 0 amide bonds. The van der Waals surface area contributed by atoms with Gasteiger partial charge in [-0.15, -0.1) is 11.6 Å². The fourth-order valence-electron chi connectivity index (χ4n) is 1.18. The van der Waals surface area contributed by atoms with E-state index in [1.54, 1.807) is 0 Å². The molecule has 0 radical (unpaired) electrons. The minimum Gasteiger partial charge on any atom is -0.389 e. The maximum Gasteiger partial charge on any atom is 0.107 e. The van der Waals surface area contributed by atoms with Gasteiger partial charge in [-0.1, -0.05) is 33.6 Å². The summed E-state index contributed by atoms with van der Waals surface area (Å²) in [7, 11) is 0. The number of alkyl halides is 1. The van der Waals surface area contributed by atoms with Gasteiger partial charge in [0.1, 0.15) is 6.10 Å². The van der Waals surface area contributed by atoms with Crippen LogP contribution in [0.15, 0.2) is 22.7 Å². The number of aryl methyl sites for hydroxylation is 1. The van der Waals surface area contributed by atoms with Crippen molar-refractivity contribution < 1.29 is 10.2 Å². The van der Waals surface area contributed by atoms with Gasteiger partial charge in [0.05, 0.1) is 12.0 Å². The van der Waals surface area contributed by atoms with Crippen LogP contribution in [-0.4, -0.2) is 22.2 Å². The van der Waals surface area contributed by atoms with E-state index in [9.17, 15) is 10.2 Å². The zero-order valence-corrected chi connectivity index (χ0v) is 10.1. The maximum absolute atomic E-state index is 9.73. The first-order chi connectivity index (χ1) is 6.56. The molecule has 0 heterocycles. The van der Waals surface area contributed by atoms with E-state index >= 15 is 0 Å². The average Bonchev–Trinajstić information content (AvgIpc) is 2.19. The van der Waals surface area contributed by atoms with Crippen LogP contribution in [0.3, 0.4) is 0 Å². The minimum atomic E-state index is -0.943. The molecule has 0 fully saturated rings. The first kappa shape index (κ1) is 12.0. The molecule has 0 bridgehead atoms. The van der Waals surface area contributed by atoms with Crippen molar-refractivity contribution in [3.05, 3.63) is 33.8 Å². The van der Waals surface area contributed by atoms with E-state index in [4.69, 9.17) is 11.6 Å². The second kappa shape index (κ2) is 5.12. The number of aliphatic hydroxyl groups is 2. The molecule has 0 aromatic heterocycles. The van der Waals surface area contributed by atoms with Gasteiger partial charge in [0.25, 0.3) is 0 Å². The molecular formula is C10H12BrClO2. The van der Waals surface area contributed by atoms with Crippen LogP contribution >= 0.6 is 27.5 Å². The van der Waals surface area contributed by atoms with E-state index in [2.05, 4.69) is 15.9 Å². The number of aliphatic hydroxyl groups excluding tert-OH is 2. The highest BCUT2D eigenvalue weighted by Gasteiger charge is 2.19. The molecular weight excluding hydrogens is 267 g/mol. The Balaban J connectivity index is 2.99. The second-order valence-corrected chi connectivity index (χ2v) is 4.35. The monoisotopic (exact) mass is 278 g/mol. The van der Waals surface area contributed by atoms with E-state index in [0.29, 0.717) is 5.56 Å². The first-order valence-corrected chi connectivity index (χ1v) is 5.57. The molecule has 1 rings (SSSR count). The molecule has 78 valence electrons. The van der Waals surface area contributed by atoms with Crippen LogP contribution in [0.1, 0.15) is 17.2 Å². The van der Waals surface area contributed by atoms with Crippen molar-refractivity contribution in [1.82, 2.24) is 0 Å². The molecule has 2 nitrogen and oxygen atoms in total. The lowest BCUT2D eigenvalue weighted by Gasteiger charge is -2.17. The molecule has 0 spiro atoms. The quantitative estimate of drug-likeness (QED) is 0.834. The summed E-state index contributed by atoms with van der Waals surface area (Å²) in [5, 5.41) is 19.1. The van der Waals surface area contributed by atoms with Gasteiger partial charge in [0.2, 0.25) is 0 Å². The van der Waals surface area contributed by atoms with E-state index < -0.39 is 12.2 Å². The van der Waals surface area contributed by atoms with Crippen LogP contribution in [0.2, 0.25) is 0 Å². The van der Waals surface area contributed by atoms with Gasteiger partial charge in [0.15, 0.2) is 0 Å².